The molecule has 0 radical (unpaired) electrons. The van der Waals surface area contributed by atoms with Crippen LogP contribution in [0.2, 0.25) is 0 Å². The normalized spacial score (nSPS) is 11.1. The molecule has 0 aromatic heterocycles. The van der Waals surface area contributed by atoms with E-state index in [0.717, 1.165) is 5.56 Å². The average molecular weight is 215 g/mol. The van der Waals surface area contributed by atoms with Gasteiger partial charge in [0.25, 0.3) is 0 Å². The van der Waals surface area contributed by atoms with Gasteiger partial charge in [-0.3, -0.25) is 0 Å². The van der Waals surface area contributed by atoms with Crippen LogP contribution in [0, 0.1) is 0 Å². The fourth-order valence-electron chi connectivity index (χ4n) is 1.15. The van der Waals surface area contributed by atoms with E-state index in [1.165, 1.54) is 6.07 Å². The first-order valence-corrected chi connectivity index (χ1v) is 4.85. The maximum atomic E-state index is 11.9. The molecular weight excluding hydrogens is 200 g/mol. The second-order valence-electron chi connectivity index (χ2n) is 3.56. The highest BCUT2D eigenvalue weighted by molar-refractivity contribution is 5.28. The minimum absolute atomic E-state index is 0.202. The predicted molar refractivity (Wildman–Crippen MR) is 55.0 cm³/mol. The molecule has 0 aliphatic rings. The highest BCUT2D eigenvalue weighted by Crippen LogP contribution is 2.15. The van der Waals surface area contributed by atoms with Crippen LogP contribution in [-0.2, 0) is 6.54 Å². The largest absolute Gasteiger partial charge is 0.435 e. The van der Waals surface area contributed by atoms with E-state index in [9.17, 15) is 8.78 Å². The minimum atomic E-state index is -2.77. The van der Waals surface area contributed by atoms with E-state index in [2.05, 4.69) is 10.1 Å². The molecule has 4 heteroatoms. The van der Waals surface area contributed by atoms with Crippen molar-refractivity contribution < 1.29 is 13.5 Å². The maximum Gasteiger partial charge on any atom is 0.387 e. The van der Waals surface area contributed by atoms with Gasteiger partial charge in [0.05, 0.1) is 0 Å². The molecule has 0 bridgehead atoms. The number of hydrogen-bond donors (Lipinski definition) is 1. The van der Waals surface area contributed by atoms with Crippen molar-refractivity contribution in [3.63, 3.8) is 0 Å². The number of halogens is 2. The summed E-state index contributed by atoms with van der Waals surface area (Å²) in [6.07, 6.45) is 0. The molecule has 1 aromatic rings. The van der Waals surface area contributed by atoms with Crippen LogP contribution < -0.4 is 10.1 Å². The molecule has 1 N–H and O–H groups in total. The van der Waals surface area contributed by atoms with Gasteiger partial charge in [-0.15, -0.1) is 0 Å². The molecule has 0 aliphatic heterocycles. The van der Waals surface area contributed by atoms with Crippen LogP contribution in [0.25, 0.3) is 0 Å². The molecule has 84 valence electrons. The Bertz CT molecular complexity index is 302. The lowest BCUT2D eigenvalue weighted by molar-refractivity contribution is -0.0498. The van der Waals surface area contributed by atoms with Gasteiger partial charge in [-0.1, -0.05) is 26.0 Å². The van der Waals surface area contributed by atoms with Crippen LogP contribution in [0.3, 0.4) is 0 Å². The summed E-state index contributed by atoms with van der Waals surface area (Å²) in [5, 5.41) is 3.20. The number of alkyl halides is 2. The Morgan fingerprint density at radius 1 is 1.33 bits per heavy atom. The van der Waals surface area contributed by atoms with Crippen LogP contribution >= 0.6 is 0 Å². The van der Waals surface area contributed by atoms with E-state index in [1.807, 2.05) is 19.9 Å². The van der Waals surface area contributed by atoms with Gasteiger partial charge in [0.15, 0.2) is 0 Å². The summed E-state index contributed by atoms with van der Waals surface area (Å²) in [7, 11) is 0. The molecule has 15 heavy (non-hydrogen) atoms. The fraction of sp³-hybridized carbons (Fsp3) is 0.455. The van der Waals surface area contributed by atoms with Crippen molar-refractivity contribution in [3.05, 3.63) is 29.8 Å². The Morgan fingerprint density at radius 3 is 2.67 bits per heavy atom. The third-order valence-corrected chi connectivity index (χ3v) is 1.84. The summed E-state index contributed by atoms with van der Waals surface area (Å²) in [5.41, 5.74) is 0.932. The van der Waals surface area contributed by atoms with Crippen molar-refractivity contribution in [2.24, 2.45) is 0 Å². The average Bonchev–Trinajstić information content (AvgIpc) is 2.14. The lowest BCUT2D eigenvalue weighted by Crippen LogP contribution is -2.21. The van der Waals surface area contributed by atoms with Gasteiger partial charge in [-0.2, -0.15) is 8.78 Å². The number of rotatable bonds is 5. The van der Waals surface area contributed by atoms with E-state index in [4.69, 9.17) is 0 Å². The number of hydrogen-bond acceptors (Lipinski definition) is 2. The molecule has 2 nitrogen and oxygen atoms in total. The zero-order valence-corrected chi connectivity index (χ0v) is 8.84. The SMILES string of the molecule is CC(C)NCc1cccc(OC(F)F)c1. The smallest absolute Gasteiger partial charge is 0.387 e. The molecule has 0 atom stereocenters. The van der Waals surface area contributed by atoms with Crippen LogP contribution in [-0.4, -0.2) is 12.7 Å². The second-order valence-corrected chi connectivity index (χ2v) is 3.56. The monoisotopic (exact) mass is 215 g/mol. The first kappa shape index (κ1) is 11.9. The molecule has 0 spiro atoms. The predicted octanol–water partition coefficient (Wildman–Crippen LogP) is 2.79. The molecule has 0 heterocycles. The standard InChI is InChI=1S/C11H15F2NO/c1-8(2)14-7-9-4-3-5-10(6-9)15-11(12)13/h3-6,8,11,14H,7H2,1-2H3. The molecule has 1 aromatic carbocycles. The minimum Gasteiger partial charge on any atom is -0.435 e. The molecule has 0 amide bonds. The maximum absolute atomic E-state index is 11.9. The third kappa shape index (κ3) is 4.74. The van der Waals surface area contributed by atoms with Crippen LogP contribution in [0.4, 0.5) is 8.78 Å². The first-order chi connectivity index (χ1) is 7.08. The molecule has 1 rings (SSSR count). The van der Waals surface area contributed by atoms with Gasteiger partial charge in [0.1, 0.15) is 5.75 Å². The highest BCUT2D eigenvalue weighted by atomic mass is 19.3. The molecule has 0 saturated carbocycles. The van der Waals surface area contributed by atoms with Crippen molar-refractivity contribution in [2.75, 3.05) is 0 Å². The van der Waals surface area contributed by atoms with Gasteiger partial charge in [0.2, 0.25) is 0 Å². The van der Waals surface area contributed by atoms with Gasteiger partial charge in [-0.05, 0) is 17.7 Å². The molecular formula is C11H15F2NO. The van der Waals surface area contributed by atoms with E-state index in [-0.39, 0.29) is 5.75 Å². The van der Waals surface area contributed by atoms with E-state index in [1.54, 1.807) is 12.1 Å². The van der Waals surface area contributed by atoms with Crippen molar-refractivity contribution in [1.29, 1.82) is 0 Å². The van der Waals surface area contributed by atoms with E-state index >= 15 is 0 Å². The summed E-state index contributed by atoms with van der Waals surface area (Å²) in [6.45, 7) is 1.94. The van der Waals surface area contributed by atoms with Gasteiger partial charge in [-0.25, -0.2) is 0 Å². The first-order valence-electron chi connectivity index (χ1n) is 4.85. The lowest BCUT2D eigenvalue weighted by Gasteiger charge is -2.09. The van der Waals surface area contributed by atoms with Crippen molar-refractivity contribution in [1.82, 2.24) is 5.32 Å². The van der Waals surface area contributed by atoms with E-state index in [0.29, 0.717) is 12.6 Å². The summed E-state index contributed by atoms with van der Waals surface area (Å²) in [6, 6.07) is 7.07. The van der Waals surface area contributed by atoms with Gasteiger partial charge < -0.3 is 10.1 Å². The third-order valence-electron chi connectivity index (χ3n) is 1.84. The fourth-order valence-corrected chi connectivity index (χ4v) is 1.15. The molecule has 0 aliphatic carbocycles. The van der Waals surface area contributed by atoms with Crippen molar-refractivity contribution in [3.8, 4) is 5.75 Å². The lowest BCUT2D eigenvalue weighted by atomic mass is 10.2. The highest BCUT2D eigenvalue weighted by Gasteiger charge is 2.04. The Kier molecular flexibility index (Phi) is 4.49. The summed E-state index contributed by atoms with van der Waals surface area (Å²) >= 11 is 0. The second kappa shape index (κ2) is 5.66. The van der Waals surface area contributed by atoms with Crippen LogP contribution in [0.5, 0.6) is 5.75 Å². The number of ether oxygens (including phenoxy) is 1. The Balaban J connectivity index is 2.57. The summed E-state index contributed by atoms with van der Waals surface area (Å²) < 4.78 is 28.2. The van der Waals surface area contributed by atoms with Crippen molar-refractivity contribution in [2.45, 2.75) is 33.0 Å². The quantitative estimate of drug-likeness (QED) is 0.815. The zero-order valence-electron chi connectivity index (χ0n) is 8.84. The van der Waals surface area contributed by atoms with Gasteiger partial charge >= 0.3 is 6.61 Å². The summed E-state index contributed by atoms with van der Waals surface area (Å²) in [5.74, 6) is 0.202. The number of benzene rings is 1. The Hall–Kier alpha value is -1.16. The topological polar surface area (TPSA) is 21.3 Å². The molecule has 0 unspecified atom stereocenters. The number of nitrogens with one attached hydrogen (secondary N) is 1. The van der Waals surface area contributed by atoms with Gasteiger partial charge in [0, 0.05) is 12.6 Å². The summed E-state index contributed by atoms with van der Waals surface area (Å²) in [4.78, 5) is 0. The Labute approximate surface area is 88.3 Å². The van der Waals surface area contributed by atoms with E-state index < -0.39 is 6.61 Å². The molecule has 0 saturated heterocycles. The van der Waals surface area contributed by atoms with Crippen LogP contribution in [0.1, 0.15) is 19.4 Å². The van der Waals surface area contributed by atoms with Crippen molar-refractivity contribution >= 4 is 0 Å². The Morgan fingerprint density at radius 2 is 2.07 bits per heavy atom. The molecule has 0 fully saturated rings. The van der Waals surface area contributed by atoms with Crippen LogP contribution in [0.15, 0.2) is 24.3 Å². The zero-order chi connectivity index (χ0) is 11.3.